The van der Waals surface area contributed by atoms with Crippen LogP contribution in [0.3, 0.4) is 0 Å². The van der Waals surface area contributed by atoms with Gasteiger partial charge < -0.3 is 14.6 Å². The summed E-state index contributed by atoms with van der Waals surface area (Å²) in [5.74, 6) is -0.0874. The summed E-state index contributed by atoms with van der Waals surface area (Å²) in [7, 11) is 0. The van der Waals surface area contributed by atoms with Crippen molar-refractivity contribution in [1.82, 2.24) is 19.6 Å². The van der Waals surface area contributed by atoms with Crippen LogP contribution in [0, 0.1) is 0 Å². The summed E-state index contributed by atoms with van der Waals surface area (Å²) in [5.41, 5.74) is 3.86. The van der Waals surface area contributed by atoms with E-state index in [0.717, 1.165) is 36.4 Å². The highest BCUT2D eigenvalue weighted by molar-refractivity contribution is 5.94. The number of nitrogens with zero attached hydrogens (tertiary/aromatic N) is 3. The van der Waals surface area contributed by atoms with Crippen LogP contribution in [0.2, 0.25) is 0 Å². The van der Waals surface area contributed by atoms with E-state index in [1.165, 1.54) is 19.3 Å². The lowest BCUT2D eigenvalue weighted by molar-refractivity contribution is 0.0941. The molecule has 0 bridgehead atoms. The average molecular weight is 390 g/mol. The number of aromatic nitrogens is 2. The van der Waals surface area contributed by atoms with E-state index in [1.54, 1.807) is 13.1 Å². The summed E-state index contributed by atoms with van der Waals surface area (Å²) in [5, 5.41) is 2.98. The van der Waals surface area contributed by atoms with E-state index in [4.69, 9.17) is 0 Å². The molecule has 150 valence electrons. The van der Waals surface area contributed by atoms with E-state index in [-0.39, 0.29) is 11.7 Å². The molecule has 3 aromatic rings. The fourth-order valence-electron chi connectivity index (χ4n) is 3.77. The molecule has 1 fully saturated rings. The van der Waals surface area contributed by atoms with E-state index in [0.29, 0.717) is 17.8 Å². The van der Waals surface area contributed by atoms with Crippen LogP contribution in [-0.2, 0) is 0 Å². The van der Waals surface area contributed by atoms with Crippen LogP contribution in [0.25, 0.3) is 16.8 Å². The highest BCUT2D eigenvalue weighted by atomic mass is 16.2. The van der Waals surface area contributed by atoms with Gasteiger partial charge in [-0.05, 0) is 56.1 Å². The molecule has 1 amide bonds. The van der Waals surface area contributed by atoms with E-state index in [2.05, 4.69) is 15.2 Å². The number of Topliss-reactive ketones (excluding diaryl/α,β-unsaturated/α-hetero) is 1. The highest BCUT2D eigenvalue weighted by Crippen LogP contribution is 2.21. The number of rotatable bonds is 6. The number of nitrogens with one attached hydrogen (secondary N) is 1. The molecular weight excluding hydrogens is 364 g/mol. The third kappa shape index (κ3) is 4.54. The first-order chi connectivity index (χ1) is 14.1. The van der Waals surface area contributed by atoms with Gasteiger partial charge in [-0.1, -0.05) is 30.7 Å². The number of carbonyl (C=O) groups is 2. The first kappa shape index (κ1) is 19.3. The van der Waals surface area contributed by atoms with Crippen molar-refractivity contribution in [1.29, 1.82) is 0 Å². The van der Waals surface area contributed by atoms with Gasteiger partial charge in [0.25, 0.3) is 5.91 Å². The van der Waals surface area contributed by atoms with E-state index >= 15 is 0 Å². The molecule has 1 aliphatic rings. The van der Waals surface area contributed by atoms with E-state index in [1.807, 2.05) is 47.0 Å². The molecule has 29 heavy (non-hydrogen) atoms. The number of fused-ring (bicyclic) bond motifs is 1. The third-order valence-electron chi connectivity index (χ3n) is 5.47. The number of piperidine rings is 1. The number of imidazole rings is 1. The van der Waals surface area contributed by atoms with Gasteiger partial charge in [-0.15, -0.1) is 0 Å². The minimum Gasteiger partial charge on any atom is -0.349 e. The van der Waals surface area contributed by atoms with Crippen molar-refractivity contribution in [2.45, 2.75) is 26.2 Å². The topological polar surface area (TPSA) is 66.7 Å². The number of benzene rings is 1. The van der Waals surface area contributed by atoms with Gasteiger partial charge >= 0.3 is 0 Å². The molecule has 1 saturated heterocycles. The summed E-state index contributed by atoms with van der Waals surface area (Å²) in [6, 6.07) is 11.4. The summed E-state index contributed by atoms with van der Waals surface area (Å²) in [4.78, 5) is 30.8. The maximum atomic E-state index is 12.5. The molecule has 0 radical (unpaired) electrons. The second-order valence-corrected chi connectivity index (χ2v) is 7.60. The summed E-state index contributed by atoms with van der Waals surface area (Å²) < 4.78 is 1.87. The van der Waals surface area contributed by atoms with Crippen LogP contribution < -0.4 is 5.32 Å². The van der Waals surface area contributed by atoms with Gasteiger partial charge in [0, 0.05) is 31.0 Å². The molecule has 0 unspecified atom stereocenters. The van der Waals surface area contributed by atoms with Crippen molar-refractivity contribution in [2.75, 3.05) is 26.2 Å². The van der Waals surface area contributed by atoms with Crippen LogP contribution in [0.1, 0.15) is 47.0 Å². The molecule has 6 nitrogen and oxygen atoms in total. The largest absolute Gasteiger partial charge is 0.349 e. The van der Waals surface area contributed by atoms with Crippen molar-refractivity contribution in [3.63, 3.8) is 0 Å². The Bertz CT molecular complexity index is 1020. The van der Waals surface area contributed by atoms with Gasteiger partial charge in [0.1, 0.15) is 11.3 Å². The van der Waals surface area contributed by atoms with Gasteiger partial charge in [0.05, 0.1) is 0 Å². The smallest absolute Gasteiger partial charge is 0.271 e. The molecule has 0 atom stereocenters. The van der Waals surface area contributed by atoms with Crippen molar-refractivity contribution >= 4 is 17.3 Å². The Kier molecular flexibility index (Phi) is 5.71. The predicted octanol–water partition coefficient (Wildman–Crippen LogP) is 3.42. The van der Waals surface area contributed by atoms with Crippen LogP contribution in [-0.4, -0.2) is 52.2 Å². The van der Waals surface area contributed by atoms with E-state index in [9.17, 15) is 9.59 Å². The Hall–Kier alpha value is -2.99. The second kappa shape index (κ2) is 8.57. The first-order valence-electron chi connectivity index (χ1n) is 10.2. The fraction of sp³-hybridized carbons (Fsp3) is 0.348. The molecule has 1 aliphatic heterocycles. The average Bonchev–Trinajstić information content (AvgIpc) is 3.18. The van der Waals surface area contributed by atoms with Gasteiger partial charge in [0.15, 0.2) is 5.78 Å². The van der Waals surface area contributed by atoms with Crippen LogP contribution >= 0.6 is 0 Å². The zero-order chi connectivity index (χ0) is 20.2. The Morgan fingerprint density at radius 2 is 1.69 bits per heavy atom. The normalized spacial score (nSPS) is 14.8. The maximum Gasteiger partial charge on any atom is 0.271 e. The molecular formula is C23H26N4O2. The van der Waals surface area contributed by atoms with Crippen molar-refractivity contribution < 1.29 is 9.59 Å². The van der Waals surface area contributed by atoms with Crippen molar-refractivity contribution in [3.05, 3.63) is 60.0 Å². The number of amides is 1. The maximum absolute atomic E-state index is 12.5. The number of carbonyl (C=O) groups excluding carboxylic acids is 2. The molecule has 4 rings (SSSR count). The fourth-order valence-corrected chi connectivity index (χ4v) is 3.77. The molecule has 2 aromatic heterocycles. The Labute approximate surface area is 170 Å². The van der Waals surface area contributed by atoms with E-state index < -0.39 is 0 Å². The lowest BCUT2D eigenvalue weighted by atomic mass is 10.0. The summed E-state index contributed by atoms with van der Waals surface area (Å²) in [6.07, 6.45) is 7.53. The molecule has 1 aromatic carbocycles. The van der Waals surface area contributed by atoms with Crippen LogP contribution in [0.15, 0.2) is 48.8 Å². The third-order valence-corrected chi connectivity index (χ3v) is 5.47. The van der Waals surface area contributed by atoms with Crippen molar-refractivity contribution in [2.24, 2.45) is 0 Å². The lowest BCUT2D eigenvalue weighted by Gasteiger charge is -2.26. The number of pyridine rings is 1. The van der Waals surface area contributed by atoms with Crippen LogP contribution in [0.5, 0.6) is 0 Å². The summed E-state index contributed by atoms with van der Waals surface area (Å²) >= 11 is 0. The number of hydrogen-bond acceptors (Lipinski definition) is 4. The zero-order valence-electron chi connectivity index (χ0n) is 16.7. The molecule has 0 aliphatic carbocycles. The standard InChI is InChI=1S/C23H26N4O2/c1-17(28)18-5-7-19(8-6-18)20-9-10-22-25-21(16-27(22)15-20)23(29)24-11-14-26-12-3-2-4-13-26/h5-10,15-16H,2-4,11-14H2,1H3,(H,24,29). The molecule has 3 heterocycles. The van der Waals surface area contributed by atoms with Gasteiger partial charge in [-0.25, -0.2) is 4.98 Å². The lowest BCUT2D eigenvalue weighted by Crippen LogP contribution is -2.37. The minimum absolute atomic E-state index is 0.0533. The predicted molar refractivity (Wildman–Crippen MR) is 113 cm³/mol. The summed E-state index contributed by atoms with van der Waals surface area (Å²) in [6.45, 7) is 5.34. The van der Waals surface area contributed by atoms with Gasteiger partial charge in [-0.3, -0.25) is 9.59 Å². The van der Waals surface area contributed by atoms with Crippen molar-refractivity contribution in [3.8, 4) is 11.1 Å². The zero-order valence-corrected chi connectivity index (χ0v) is 16.7. The Morgan fingerprint density at radius 3 is 2.41 bits per heavy atom. The number of ketones is 1. The quantitative estimate of drug-likeness (QED) is 0.655. The molecule has 6 heteroatoms. The first-order valence-corrected chi connectivity index (χ1v) is 10.2. The molecule has 1 N–H and O–H groups in total. The minimum atomic E-state index is -0.141. The van der Waals surface area contributed by atoms with Gasteiger partial charge in [-0.2, -0.15) is 0 Å². The number of hydrogen-bond donors (Lipinski definition) is 1. The number of likely N-dealkylation sites (tertiary alicyclic amines) is 1. The SMILES string of the molecule is CC(=O)c1ccc(-c2ccc3nc(C(=O)NCCN4CCCCC4)cn3c2)cc1. The van der Waals surface area contributed by atoms with Crippen LogP contribution in [0.4, 0.5) is 0 Å². The molecule has 0 spiro atoms. The Balaban J connectivity index is 1.43. The Morgan fingerprint density at radius 1 is 0.966 bits per heavy atom. The monoisotopic (exact) mass is 390 g/mol. The molecule has 0 saturated carbocycles. The van der Waals surface area contributed by atoms with Gasteiger partial charge in [0.2, 0.25) is 0 Å². The second-order valence-electron chi connectivity index (χ2n) is 7.60. The highest BCUT2D eigenvalue weighted by Gasteiger charge is 2.13.